The Balaban J connectivity index is 1.76. The second-order valence-corrected chi connectivity index (χ2v) is 7.24. The van der Waals surface area contributed by atoms with Crippen LogP contribution in [0.1, 0.15) is 43.4 Å². The topological polar surface area (TPSA) is 64.7 Å². The first-order valence-electron chi connectivity index (χ1n) is 9.74. The van der Waals surface area contributed by atoms with Gasteiger partial charge >= 0.3 is 11.8 Å². The number of amides is 2. The van der Waals surface area contributed by atoms with Crippen molar-refractivity contribution in [2.45, 2.75) is 38.6 Å². The Labute approximate surface area is 155 Å². The molecule has 6 nitrogen and oxygen atoms in total. The van der Waals surface area contributed by atoms with E-state index in [9.17, 15) is 9.59 Å². The summed E-state index contributed by atoms with van der Waals surface area (Å²) in [7, 11) is 2.14. The van der Waals surface area contributed by atoms with Crippen molar-refractivity contribution < 1.29 is 9.59 Å². The summed E-state index contributed by atoms with van der Waals surface area (Å²) in [6.07, 6.45) is 4.66. The first-order valence-corrected chi connectivity index (χ1v) is 9.74. The van der Waals surface area contributed by atoms with Gasteiger partial charge < -0.3 is 15.5 Å². The van der Waals surface area contributed by atoms with Crippen LogP contribution in [0.15, 0.2) is 18.2 Å². The van der Waals surface area contributed by atoms with Gasteiger partial charge in [-0.3, -0.25) is 14.5 Å². The number of fused-ring (bicyclic) bond motifs is 1. The number of nitrogens with zero attached hydrogens (tertiary/aromatic N) is 2. The first kappa shape index (κ1) is 18.7. The predicted molar refractivity (Wildman–Crippen MR) is 103 cm³/mol. The Morgan fingerprint density at radius 3 is 2.54 bits per heavy atom. The number of anilines is 1. The molecule has 2 aliphatic rings. The minimum atomic E-state index is -0.556. The van der Waals surface area contributed by atoms with Gasteiger partial charge in [0.2, 0.25) is 0 Å². The van der Waals surface area contributed by atoms with Crippen molar-refractivity contribution in [2.75, 3.05) is 44.7 Å². The SMILES string of the molecule is CCNC(=O)C(=O)NC[C@@H](c1ccc2c(c1)CCCN2C)N1CCCC1. The molecule has 0 aliphatic carbocycles. The summed E-state index contributed by atoms with van der Waals surface area (Å²) in [6, 6.07) is 6.81. The van der Waals surface area contributed by atoms with Crippen LogP contribution < -0.4 is 15.5 Å². The number of nitrogens with one attached hydrogen (secondary N) is 2. The minimum Gasteiger partial charge on any atom is -0.374 e. The fourth-order valence-corrected chi connectivity index (χ4v) is 4.03. The van der Waals surface area contributed by atoms with E-state index in [0.29, 0.717) is 13.1 Å². The van der Waals surface area contributed by atoms with Gasteiger partial charge in [-0.05, 0) is 62.9 Å². The molecule has 2 N–H and O–H groups in total. The summed E-state index contributed by atoms with van der Waals surface area (Å²) < 4.78 is 0. The smallest absolute Gasteiger partial charge is 0.309 e. The minimum absolute atomic E-state index is 0.119. The number of likely N-dealkylation sites (N-methyl/N-ethyl adjacent to an activating group) is 1. The van der Waals surface area contributed by atoms with E-state index in [2.05, 4.69) is 45.7 Å². The maximum absolute atomic E-state index is 12.0. The number of carbonyl (C=O) groups excluding carboxylic acids is 2. The second kappa shape index (κ2) is 8.54. The molecule has 0 unspecified atom stereocenters. The molecule has 2 amide bonds. The van der Waals surface area contributed by atoms with Gasteiger partial charge in [0.15, 0.2) is 0 Å². The van der Waals surface area contributed by atoms with Crippen LogP contribution in [0.4, 0.5) is 5.69 Å². The predicted octanol–water partition coefficient (Wildman–Crippen LogP) is 1.46. The van der Waals surface area contributed by atoms with E-state index in [1.807, 2.05) is 6.92 Å². The standard InChI is InChI=1S/C20H30N4O2/c1-3-21-19(25)20(26)22-14-18(24-11-4-5-12-24)16-8-9-17-15(13-16)7-6-10-23(17)2/h8-9,13,18H,3-7,10-12,14H2,1-2H3,(H,21,25)(H,22,26)/t18-/m0/s1. The van der Waals surface area contributed by atoms with Crippen molar-refractivity contribution in [3.05, 3.63) is 29.3 Å². The molecule has 2 aliphatic heterocycles. The number of hydrogen-bond acceptors (Lipinski definition) is 4. The summed E-state index contributed by atoms with van der Waals surface area (Å²) >= 11 is 0. The molecule has 0 bridgehead atoms. The monoisotopic (exact) mass is 358 g/mol. The molecule has 0 aromatic heterocycles. The van der Waals surface area contributed by atoms with E-state index in [1.165, 1.54) is 36.1 Å². The number of rotatable bonds is 5. The third kappa shape index (κ3) is 4.18. The average Bonchev–Trinajstić information content (AvgIpc) is 3.16. The van der Waals surface area contributed by atoms with E-state index in [0.717, 1.165) is 26.1 Å². The van der Waals surface area contributed by atoms with Gasteiger partial charge in [0.25, 0.3) is 0 Å². The van der Waals surface area contributed by atoms with Crippen molar-refractivity contribution in [3.63, 3.8) is 0 Å². The number of benzene rings is 1. The Kier molecular flexibility index (Phi) is 6.14. The molecular weight excluding hydrogens is 328 g/mol. The third-order valence-corrected chi connectivity index (χ3v) is 5.42. The zero-order valence-electron chi connectivity index (χ0n) is 15.9. The fraction of sp³-hybridized carbons (Fsp3) is 0.600. The molecule has 1 fully saturated rings. The van der Waals surface area contributed by atoms with Crippen molar-refractivity contribution in [3.8, 4) is 0 Å². The molecule has 1 aromatic carbocycles. The molecule has 6 heteroatoms. The van der Waals surface area contributed by atoms with E-state index in [4.69, 9.17) is 0 Å². The van der Waals surface area contributed by atoms with Gasteiger partial charge in [0.05, 0.1) is 6.04 Å². The molecule has 1 aromatic rings. The largest absolute Gasteiger partial charge is 0.374 e. The van der Waals surface area contributed by atoms with E-state index >= 15 is 0 Å². The molecule has 0 saturated carbocycles. The molecule has 142 valence electrons. The number of hydrogen-bond donors (Lipinski definition) is 2. The normalized spacial score (nSPS) is 18.3. The summed E-state index contributed by atoms with van der Waals surface area (Å²) in [4.78, 5) is 28.4. The molecule has 0 radical (unpaired) electrons. The molecule has 26 heavy (non-hydrogen) atoms. The number of likely N-dealkylation sites (tertiary alicyclic amines) is 1. The average molecular weight is 358 g/mol. The highest BCUT2D eigenvalue weighted by atomic mass is 16.2. The Hall–Kier alpha value is -2.08. The lowest BCUT2D eigenvalue weighted by Crippen LogP contribution is -2.43. The van der Waals surface area contributed by atoms with E-state index in [-0.39, 0.29) is 6.04 Å². The maximum atomic E-state index is 12.0. The number of carbonyl (C=O) groups is 2. The summed E-state index contributed by atoms with van der Waals surface area (Å²) in [6.45, 7) is 5.91. The maximum Gasteiger partial charge on any atom is 0.309 e. The molecule has 1 saturated heterocycles. The van der Waals surface area contributed by atoms with Gasteiger partial charge in [-0.2, -0.15) is 0 Å². The lowest BCUT2D eigenvalue weighted by molar-refractivity contribution is -0.139. The summed E-state index contributed by atoms with van der Waals surface area (Å²) in [5.74, 6) is -1.10. The van der Waals surface area contributed by atoms with Crippen LogP contribution in [0.2, 0.25) is 0 Å². The van der Waals surface area contributed by atoms with Gasteiger partial charge in [-0.1, -0.05) is 12.1 Å². The van der Waals surface area contributed by atoms with Crippen molar-refractivity contribution in [1.29, 1.82) is 0 Å². The van der Waals surface area contributed by atoms with E-state index < -0.39 is 11.8 Å². The zero-order chi connectivity index (χ0) is 18.5. The third-order valence-electron chi connectivity index (χ3n) is 5.42. The fourth-order valence-electron chi connectivity index (χ4n) is 4.03. The molecule has 0 spiro atoms. The highest BCUT2D eigenvalue weighted by Crippen LogP contribution is 2.31. The van der Waals surface area contributed by atoms with E-state index in [1.54, 1.807) is 0 Å². The van der Waals surface area contributed by atoms with Gasteiger partial charge in [0.1, 0.15) is 0 Å². The molecule has 1 atom stereocenters. The molecular formula is C20H30N4O2. The quantitative estimate of drug-likeness (QED) is 0.782. The summed E-state index contributed by atoms with van der Waals surface area (Å²) in [5.41, 5.74) is 3.93. The van der Waals surface area contributed by atoms with Crippen LogP contribution in [0.5, 0.6) is 0 Å². The number of aryl methyl sites for hydroxylation is 1. The zero-order valence-corrected chi connectivity index (χ0v) is 15.9. The van der Waals surface area contributed by atoms with Gasteiger partial charge in [-0.25, -0.2) is 0 Å². The van der Waals surface area contributed by atoms with Crippen LogP contribution in [0.3, 0.4) is 0 Å². The van der Waals surface area contributed by atoms with Crippen molar-refractivity contribution in [1.82, 2.24) is 15.5 Å². The van der Waals surface area contributed by atoms with Crippen molar-refractivity contribution in [2.24, 2.45) is 0 Å². The van der Waals surface area contributed by atoms with Gasteiger partial charge in [0, 0.05) is 32.4 Å². The molecule has 3 rings (SSSR count). The first-order chi connectivity index (χ1) is 12.6. The van der Waals surface area contributed by atoms with Gasteiger partial charge in [-0.15, -0.1) is 0 Å². The van der Waals surface area contributed by atoms with Crippen LogP contribution in [0.25, 0.3) is 0 Å². The molecule has 2 heterocycles. The Morgan fingerprint density at radius 1 is 1.08 bits per heavy atom. The second-order valence-electron chi connectivity index (χ2n) is 7.24. The Bertz CT molecular complexity index is 655. The lowest BCUT2D eigenvalue weighted by atomic mass is 9.96. The lowest BCUT2D eigenvalue weighted by Gasteiger charge is -2.31. The van der Waals surface area contributed by atoms with Crippen LogP contribution >= 0.6 is 0 Å². The van der Waals surface area contributed by atoms with Crippen LogP contribution in [-0.2, 0) is 16.0 Å². The van der Waals surface area contributed by atoms with Crippen LogP contribution in [-0.4, -0.2) is 56.5 Å². The van der Waals surface area contributed by atoms with Crippen LogP contribution in [0, 0.1) is 0 Å². The van der Waals surface area contributed by atoms with Crippen molar-refractivity contribution >= 4 is 17.5 Å². The Morgan fingerprint density at radius 2 is 1.81 bits per heavy atom. The highest BCUT2D eigenvalue weighted by molar-refractivity contribution is 6.35. The highest BCUT2D eigenvalue weighted by Gasteiger charge is 2.26. The summed E-state index contributed by atoms with van der Waals surface area (Å²) in [5, 5.41) is 5.38.